The number of hydrogen-bond donors (Lipinski definition) is 1. The third kappa shape index (κ3) is 7.47. The summed E-state index contributed by atoms with van der Waals surface area (Å²) in [4.78, 5) is 27.5. The average Bonchev–Trinajstić information content (AvgIpc) is 2.73. The highest BCUT2D eigenvalue weighted by molar-refractivity contribution is 7.92. The zero-order valence-electron chi connectivity index (χ0n) is 19.8. The number of anilines is 1. The molecule has 0 radical (unpaired) electrons. The molecule has 1 N–H and O–H groups in total. The minimum Gasteiger partial charge on any atom is -0.354 e. The van der Waals surface area contributed by atoms with E-state index in [0.717, 1.165) is 33.7 Å². The fourth-order valence-corrected chi connectivity index (χ4v) is 4.61. The van der Waals surface area contributed by atoms with Crippen molar-refractivity contribution in [2.45, 2.75) is 46.7 Å². The van der Waals surface area contributed by atoms with Crippen LogP contribution in [0.15, 0.2) is 42.5 Å². The van der Waals surface area contributed by atoms with Gasteiger partial charge in [0.2, 0.25) is 21.8 Å². The Hall–Kier alpha value is -2.58. The van der Waals surface area contributed by atoms with Crippen LogP contribution in [-0.2, 0) is 26.2 Å². The van der Waals surface area contributed by atoms with Crippen molar-refractivity contribution < 1.29 is 18.0 Å². The minimum atomic E-state index is -3.76. The third-order valence-corrected chi connectivity index (χ3v) is 6.62. The summed E-state index contributed by atoms with van der Waals surface area (Å²) in [5.74, 6) is -0.788. The van der Waals surface area contributed by atoms with E-state index in [1.807, 2.05) is 19.9 Å². The number of halogens is 1. The molecule has 2 aromatic carbocycles. The normalized spacial score (nSPS) is 12.2. The molecule has 0 aliphatic rings. The van der Waals surface area contributed by atoms with E-state index >= 15 is 0 Å². The Bertz CT molecular complexity index is 1100. The van der Waals surface area contributed by atoms with Crippen molar-refractivity contribution in [1.29, 1.82) is 0 Å². The van der Waals surface area contributed by atoms with Gasteiger partial charge in [0.25, 0.3) is 0 Å². The highest BCUT2D eigenvalue weighted by Gasteiger charge is 2.30. The molecule has 2 amide bonds. The number of nitrogens with one attached hydrogen (secondary N) is 1. The van der Waals surface area contributed by atoms with Gasteiger partial charge in [0, 0.05) is 18.1 Å². The molecule has 0 saturated carbocycles. The van der Waals surface area contributed by atoms with Gasteiger partial charge < -0.3 is 10.2 Å². The summed E-state index contributed by atoms with van der Waals surface area (Å²) in [6, 6.07) is 11.6. The molecule has 7 nitrogen and oxygen atoms in total. The summed E-state index contributed by atoms with van der Waals surface area (Å²) in [5.41, 5.74) is 2.90. The number of amides is 2. The molecular weight excluding hydrogens is 462 g/mol. The lowest BCUT2D eigenvalue weighted by Gasteiger charge is -2.32. The van der Waals surface area contributed by atoms with Crippen molar-refractivity contribution in [2.24, 2.45) is 0 Å². The topological polar surface area (TPSA) is 86.8 Å². The summed E-state index contributed by atoms with van der Waals surface area (Å²) in [5, 5.41) is 3.31. The van der Waals surface area contributed by atoms with Crippen LogP contribution in [0, 0.1) is 13.8 Å². The SMILES string of the molecule is CCCNC(=O)[C@H](C)N(Cc1cccc(Cl)c1)C(=O)CN(c1ccc(C)cc1C)S(C)(=O)=O. The minimum absolute atomic E-state index is 0.116. The molecule has 0 unspecified atom stereocenters. The quantitative estimate of drug-likeness (QED) is 0.547. The highest BCUT2D eigenvalue weighted by Crippen LogP contribution is 2.24. The zero-order valence-corrected chi connectivity index (χ0v) is 21.3. The molecule has 0 aliphatic heterocycles. The molecule has 180 valence electrons. The van der Waals surface area contributed by atoms with Gasteiger partial charge in [-0.15, -0.1) is 0 Å². The van der Waals surface area contributed by atoms with Gasteiger partial charge in [0.05, 0.1) is 11.9 Å². The van der Waals surface area contributed by atoms with Crippen molar-refractivity contribution in [3.05, 3.63) is 64.2 Å². The number of hydrogen-bond acceptors (Lipinski definition) is 4. The molecule has 0 fully saturated rings. The first-order chi connectivity index (χ1) is 15.4. The molecule has 0 aromatic heterocycles. The maximum Gasteiger partial charge on any atom is 0.244 e. The summed E-state index contributed by atoms with van der Waals surface area (Å²) in [6.45, 7) is 7.47. The van der Waals surface area contributed by atoms with Crippen LogP contribution in [0.4, 0.5) is 5.69 Å². The van der Waals surface area contributed by atoms with E-state index in [1.165, 1.54) is 4.90 Å². The first-order valence-electron chi connectivity index (χ1n) is 10.8. The Morgan fingerprint density at radius 1 is 1.12 bits per heavy atom. The lowest BCUT2D eigenvalue weighted by molar-refractivity contribution is -0.139. The molecule has 1 atom stereocenters. The summed E-state index contributed by atoms with van der Waals surface area (Å²) in [6.07, 6.45) is 1.83. The Morgan fingerprint density at radius 3 is 2.39 bits per heavy atom. The largest absolute Gasteiger partial charge is 0.354 e. The molecule has 0 saturated heterocycles. The van der Waals surface area contributed by atoms with Crippen molar-refractivity contribution in [3.8, 4) is 0 Å². The van der Waals surface area contributed by atoms with Crippen LogP contribution in [0.3, 0.4) is 0 Å². The lowest BCUT2D eigenvalue weighted by atomic mass is 10.1. The van der Waals surface area contributed by atoms with Crippen LogP contribution < -0.4 is 9.62 Å². The van der Waals surface area contributed by atoms with Crippen molar-refractivity contribution in [1.82, 2.24) is 10.2 Å². The van der Waals surface area contributed by atoms with Crippen LogP contribution in [0.5, 0.6) is 0 Å². The predicted molar refractivity (Wildman–Crippen MR) is 133 cm³/mol. The second-order valence-electron chi connectivity index (χ2n) is 8.18. The van der Waals surface area contributed by atoms with Gasteiger partial charge in [0.1, 0.15) is 12.6 Å². The lowest BCUT2D eigenvalue weighted by Crippen LogP contribution is -2.51. The number of rotatable bonds is 10. The first kappa shape index (κ1) is 26.7. The van der Waals surface area contributed by atoms with E-state index in [4.69, 9.17) is 11.6 Å². The van der Waals surface area contributed by atoms with Gasteiger partial charge in [0.15, 0.2) is 0 Å². The number of sulfonamides is 1. The Labute approximate surface area is 201 Å². The van der Waals surface area contributed by atoms with Crippen LogP contribution in [0.2, 0.25) is 5.02 Å². The molecule has 0 heterocycles. The van der Waals surface area contributed by atoms with Gasteiger partial charge in [-0.05, 0) is 56.5 Å². The summed E-state index contributed by atoms with van der Waals surface area (Å²) >= 11 is 6.10. The second kappa shape index (κ2) is 11.5. The molecule has 33 heavy (non-hydrogen) atoms. The monoisotopic (exact) mass is 493 g/mol. The fraction of sp³-hybridized carbons (Fsp3) is 0.417. The van der Waals surface area contributed by atoms with Crippen molar-refractivity contribution in [2.75, 3.05) is 23.7 Å². The summed E-state index contributed by atoms with van der Waals surface area (Å²) in [7, 11) is -3.76. The van der Waals surface area contributed by atoms with E-state index in [2.05, 4.69) is 5.32 Å². The van der Waals surface area contributed by atoms with E-state index in [1.54, 1.807) is 50.2 Å². The number of carbonyl (C=O) groups excluding carboxylic acids is 2. The smallest absolute Gasteiger partial charge is 0.244 e. The van der Waals surface area contributed by atoms with Crippen LogP contribution >= 0.6 is 11.6 Å². The van der Waals surface area contributed by atoms with Crippen molar-refractivity contribution in [3.63, 3.8) is 0 Å². The maximum atomic E-state index is 13.5. The van der Waals surface area contributed by atoms with Crippen LogP contribution in [0.1, 0.15) is 37.0 Å². The van der Waals surface area contributed by atoms with E-state index in [-0.39, 0.29) is 12.5 Å². The number of benzene rings is 2. The van der Waals surface area contributed by atoms with Crippen LogP contribution in [-0.4, -0.2) is 50.5 Å². The van der Waals surface area contributed by atoms with Gasteiger partial charge in [-0.3, -0.25) is 13.9 Å². The fourth-order valence-electron chi connectivity index (χ4n) is 3.49. The Kier molecular flexibility index (Phi) is 9.31. The third-order valence-electron chi connectivity index (χ3n) is 5.26. The molecule has 0 aliphatic carbocycles. The van der Waals surface area contributed by atoms with Gasteiger partial charge in [-0.2, -0.15) is 0 Å². The Morgan fingerprint density at radius 2 is 1.82 bits per heavy atom. The second-order valence-corrected chi connectivity index (χ2v) is 10.5. The molecule has 0 bridgehead atoms. The van der Waals surface area contributed by atoms with Gasteiger partial charge in [-0.1, -0.05) is 48.4 Å². The van der Waals surface area contributed by atoms with E-state index in [0.29, 0.717) is 17.3 Å². The van der Waals surface area contributed by atoms with E-state index < -0.39 is 28.5 Å². The number of aryl methyl sites for hydroxylation is 2. The van der Waals surface area contributed by atoms with E-state index in [9.17, 15) is 18.0 Å². The highest BCUT2D eigenvalue weighted by atomic mass is 35.5. The number of nitrogens with zero attached hydrogens (tertiary/aromatic N) is 2. The van der Waals surface area contributed by atoms with Crippen LogP contribution in [0.25, 0.3) is 0 Å². The van der Waals surface area contributed by atoms with Gasteiger partial charge in [-0.25, -0.2) is 8.42 Å². The predicted octanol–water partition coefficient (Wildman–Crippen LogP) is 3.67. The average molecular weight is 494 g/mol. The molecule has 9 heteroatoms. The Balaban J connectivity index is 2.40. The van der Waals surface area contributed by atoms with Crippen molar-refractivity contribution >= 4 is 39.1 Å². The maximum absolute atomic E-state index is 13.5. The zero-order chi connectivity index (χ0) is 24.8. The molecular formula is C24H32ClN3O4S. The van der Waals surface area contributed by atoms with Gasteiger partial charge >= 0.3 is 0 Å². The number of carbonyl (C=O) groups is 2. The summed E-state index contributed by atoms with van der Waals surface area (Å²) < 4.78 is 26.4. The standard InChI is InChI=1S/C24H32ClN3O4S/c1-6-12-26-24(30)19(4)27(15-20-8-7-9-21(25)14-20)23(29)16-28(33(5,31)32)22-11-10-17(2)13-18(22)3/h7-11,13-14,19H,6,12,15-16H2,1-5H3,(H,26,30)/t19-/m0/s1. The molecule has 2 rings (SSSR count). The molecule has 0 spiro atoms. The molecule has 2 aromatic rings. The first-order valence-corrected chi connectivity index (χ1v) is 13.0.